The van der Waals surface area contributed by atoms with Crippen LogP contribution in [0, 0.1) is 6.26 Å². The third-order valence-corrected chi connectivity index (χ3v) is 1.59. The monoisotopic (exact) mass is 151 g/mol. The van der Waals surface area contributed by atoms with Gasteiger partial charge >= 0.3 is 0 Å². The summed E-state index contributed by atoms with van der Waals surface area (Å²) in [6.45, 7) is 0. The van der Waals surface area contributed by atoms with Crippen LogP contribution in [0.15, 0.2) is 28.7 Å². The average Bonchev–Trinajstić information content (AvgIpc) is 2.33. The second-order valence-corrected chi connectivity index (χ2v) is 2.48. The van der Waals surface area contributed by atoms with E-state index in [9.17, 15) is 0 Å². The van der Waals surface area contributed by atoms with E-state index in [4.69, 9.17) is 16.0 Å². The normalized spacial score (nSPS) is 10.5. The first-order valence-corrected chi connectivity index (χ1v) is 3.29. The number of hydrogen-bond donors (Lipinski definition) is 0. The Bertz CT molecular complexity index is 351. The Labute approximate surface area is 63.2 Å². The molecule has 0 aliphatic carbocycles. The number of fused-ring (bicyclic) bond motifs is 1. The highest BCUT2D eigenvalue weighted by atomic mass is 35.5. The van der Waals surface area contributed by atoms with E-state index in [2.05, 4.69) is 6.26 Å². The predicted octanol–water partition coefficient (Wildman–Crippen LogP) is 2.89. The van der Waals surface area contributed by atoms with Gasteiger partial charge in [-0.2, -0.15) is 0 Å². The van der Waals surface area contributed by atoms with E-state index in [1.54, 1.807) is 12.1 Å². The molecule has 0 unspecified atom stereocenters. The highest BCUT2D eigenvalue weighted by Crippen LogP contribution is 2.18. The van der Waals surface area contributed by atoms with Crippen LogP contribution >= 0.6 is 11.6 Å². The van der Waals surface area contributed by atoms with E-state index < -0.39 is 0 Å². The van der Waals surface area contributed by atoms with Crippen molar-refractivity contribution < 1.29 is 4.42 Å². The van der Waals surface area contributed by atoms with Crippen molar-refractivity contribution >= 4 is 22.6 Å². The molecule has 0 saturated carbocycles. The van der Waals surface area contributed by atoms with Crippen LogP contribution in [0.4, 0.5) is 0 Å². The van der Waals surface area contributed by atoms with Crippen molar-refractivity contribution in [3.8, 4) is 0 Å². The Kier molecular flexibility index (Phi) is 1.18. The molecule has 0 bridgehead atoms. The molecule has 0 spiro atoms. The maximum Gasteiger partial charge on any atom is 0.170 e. The van der Waals surface area contributed by atoms with Gasteiger partial charge in [-0.15, -0.1) is 0 Å². The van der Waals surface area contributed by atoms with Crippen LogP contribution in [-0.4, -0.2) is 0 Å². The van der Waals surface area contributed by atoms with Gasteiger partial charge in [0.25, 0.3) is 0 Å². The van der Waals surface area contributed by atoms with E-state index in [0.29, 0.717) is 5.02 Å². The Morgan fingerprint density at radius 2 is 2.30 bits per heavy atom. The molecule has 0 fully saturated rings. The minimum atomic E-state index is 0.691. The SMILES string of the molecule is Clc1ccc2c[c]oc2c1. The summed E-state index contributed by atoms with van der Waals surface area (Å²) in [5, 5.41) is 1.72. The maximum atomic E-state index is 5.70. The summed E-state index contributed by atoms with van der Waals surface area (Å²) in [5.74, 6) is 0. The molecule has 0 saturated heterocycles. The first-order chi connectivity index (χ1) is 4.86. The Hall–Kier alpha value is -0.950. The fourth-order valence-electron chi connectivity index (χ4n) is 0.872. The third-order valence-electron chi connectivity index (χ3n) is 1.36. The first kappa shape index (κ1) is 5.81. The lowest BCUT2D eigenvalue weighted by atomic mass is 10.3. The summed E-state index contributed by atoms with van der Waals surface area (Å²) in [5.41, 5.74) is 0.785. The third kappa shape index (κ3) is 0.792. The molecule has 10 heavy (non-hydrogen) atoms. The summed E-state index contributed by atoms with van der Waals surface area (Å²) < 4.78 is 4.99. The molecular formula is C8H4ClO. The van der Waals surface area contributed by atoms with Crippen LogP contribution in [0.1, 0.15) is 0 Å². The van der Waals surface area contributed by atoms with Crippen molar-refractivity contribution in [2.75, 3.05) is 0 Å². The van der Waals surface area contributed by atoms with Crippen LogP contribution in [-0.2, 0) is 0 Å². The lowest BCUT2D eigenvalue weighted by Gasteiger charge is -1.86. The van der Waals surface area contributed by atoms with Crippen molar-refractivity contribution in [3.05, 3.63) is 35.6 Å². The zero-order chi connectivity index (χ0) is 6.97. The second-order valence-electron chi connectivity index (χ2n) is 2.05. The van der Waals surface area contributed by atoms with E-state index >= 15 is 0 Å². The predicted molar refractivity (Wildman–Crippen MR) is 40.1 cm³/mol. The van der Waals surface area contributed by atoms with Crippen molar-refractivity contribution in [1.29, 1.82) is 0 Å². The van der Waals surface area contributed by atoms with Gasteiger partial charge in [-0.25, -0.2) is 0 Å². The highest BCUT2D eigenvalue weighted by Gasteiger charge is 1.95. The first-order valence-electron chi connectivity index (χ1n) is 2.91. The average molecular weight is 152 g/mol. The minimum absolute atomic E-state index is 0.691. The van der Waals surface area contributed by atoms with Crippen LogP contribution in [0.2, 0.25) is 5.02 Å². The Balaban J connectivity index is 2.86. The van der Waals surface area contributed by atoms with Crippen molar-refractivity contribution in [1.82, 2.24) is 0 Å². The summed E-state index contributed by atoms with van der Waals surface area (Å²) in [7, 11) is 0. The molecule has 2 heteroatoms. The lowest BCUT2D eigenvalue weighted by molar-refractivity contribution is 0.606. The molecule has 1 aromatic carbocycles. The van der Waals surface area contributed by atoms with Gasteiger partial charge in [0.2, 0.25) is 0 Å². The van der Waals surface area contributed by atoms with Gasteiger partial charge in [-0.05, 0) is 18.2 Å². The zero-order valence-corrected chi connectivity index (χ0v) is 5.85. The van der Waals surface area contributed by atoms with Crippen LogP contribution in [0.3, 0.4) is 0 Å². The van der Waals surface area contributed by atoms with E-state index in [1.807, 2.05) is 12.1 Å². The molecule has 0 amide bonds. The zero-order valence-electron chi connectivity index (χ0n) is 5.10. The van der Waals surface area contributed by atoms with Gasteiger partial charge in [-0.1, -0.05) is 11.6 Å². The summed E-state index contributed by atoms with van der Waals surface area (Å²) in [6, 6.07) is 7.28. The molecule has 0 N–H and O–H groups in total. The molecule has 2 aromatic rings. The fourth-order valence-corrected chi connectivity index (χ4v) is 1.03. The van der Waals surface area contributed by atoms with Gasteiger partial charge in [0, 0.05) is 16.5 Å². The lowest BCUT2D eigenvalue weighted by Crippen LogP contribution is -1.62. The van der Waals surface area contributed by atoms with E-state index in [0.717, 1.165) is 11.0 Å². The highest BCUT2D eigenvalue weighted by molar-refractivity contribution is 6.31. The van der Waals surface area contributed by atoms with Gasteiger partial charge in [0.15, 0.2) is 6.26 Å². The Morgan fingerprint density at radius 1 is 1.40 bits per heavy atom. The molecule has 0 aliphatic heterocycles. The molecule has 49 valence electrons. The maximum absolute atomic E-state index is 5.70. The van der Waals surface area contributed by atoms with Crippen molar-refractivity contribution in [2.24, 2.45) is 0 Å². The number of hydrogen-bond acceptors (Lipinski definition) is 1. The summed E-state index contributed by atoms with van der Waals surface area (Å²) in [4.78, 5) is 0. The van der Waals surface area contributed by atoms with Gasteiger partial charge in [0.05, 0.1) is 0 Å². The number of rotatable bonds is 0. The molecule has 0 atom stereocenters. The number of halogens is 1. The smallest absolute Gasteiger partial charge is 0.170 e. The number of benzene rings is 1. The van der Waals surface area contributed by atoms with Crippen LogP contribution < -0.4 is 0 Å². The number of furan rings is 1. The largest absolute Gasteiger partial charge is 0.453 e. The van der Waals surface area contributed by atoms with Crippen LogP contribution in [0.25, 0.3) is 11.0 Å². The summed E-state index contributed by atoms with van der Waals surface area (Å²) in [6.07, 6.45) is 2.63. The molecule has 0 aliphatic rings. The molecule has 1 radical (unpaired) electrons. The second kappa shape index (κ2) is 2.03. The summed E-state index contributed by atoms with van der Waals surface area (Å²) >= 11 is 5.70. The fraction of sp³-hybridized carbons (Fsp3) is 0. The Morgan fingerprint density at radius 3 is 3.20 bits per heavy atom. The van der Waals surface area contributed by atoms with Gasteiger partial charge in [-0.3, -0.25) is 0 Å². The molecule has 2 rings (SSSR count). The van der Waals surface area contributed by atoms with Gasteiger partial charge in [0.1, 0.15) is 5.58 Å². The standard InChI is InChI=1S/C8H4ClO/c9-7-2-1-6-3-4-10-8(6)5-7/h1-3,5H. The van der Waals surface area contributed by atoms with Crippen molar-refractivity contribution in [2.45, 2.75) is 0 Å². The molecule has 1 nitrogen and oxygen atoms in total. The molecule has 1 heterocycles. The van der Waals surface area contributed by atoms with E-state index in [1.165, 1.54) is 0 Å². The van der Waals surface area contributed by atoms with Crippen molar-refractivity contribution in [3.63, 3.8) is 0 Å². The molecule has 1 aromatic heterocycles. The van der Waals surface area contributed by atoms with E-state index in [-0.39, 0.29) is 0 Å². The topological polar surface area (TPSA) is 13.1 Å². The molecular weight excluding hydrogens is 148 g/mol. The minimum Gasteiger partial charge on any atom is -0.453 e. The quantitative estimate of drug-likeness (QED) is 0.564. The van der Waals surface area contributed by atoms with Crippen LogP contribution in [0.5, 0.6) is 0 Å². The van der Waals surface area contributed by atoms with Gasteiger partial charge < -0.3 is 4.42 Å².